The van der Waals surface area contributed by atoms with Crippen molar-refractivity contribution in [3.63, 3.8) is 0 Å². The number of halogens is 3. The molecule has 0 fully saturated rings. The molecular weight excluding hydrogens is 313 g/mol. The van der Waals surface area contributed by atoms with Crippen LogP contribution in [-0.2, 0) is 12.6 Å². The molecule has 2 rings (SSSR count). The Morgan fingerprint density at radius 3 is 2.62 bits per heavy atom. The summed E-state index contributed by atoms with van der Waals surface area (Å²) in [4.78, 5) is 0. The molecule has 0 spiro atoms. The second-order valence-electron chi connectivity index (χ2n) is 6.30. The van der Waals surface area contributed by atoms with Gasteiger partial charge in [0.15, 0.2) is 0 Å². The molecule has 24 heavy (non-hydrogen) atoms. The van der Waals surface area contributed by atoms with E-state index >= 15 is 0 Å². The van der Waals surface area contributed by atoms with E-state index in [1.807, 2.05) is 31.2 Å². The minimum absolute atomic E-state index is 0.245. The number of hydrogen-bond donors (Lipinski definition) is 0. The van der Waals surface area contributed by atoms with Crippen LogP contribution in [0.1, 0.15) is 63.8 Å². The van der Waals surface area contributed by atoms with Crippen molar-refractivity contribution in [2.24, 2.45) is 0 Å². The molecule has 1 unspecified atom stereocenters. The Hall–Kier alpha value is -1.78. The molecule has 0 radical (unpaired) electrons. The van der Waals surface area contributed by atoms with Crippen LogP contribution in [-0.4, -0.2) is 9.78 Å². The number of alkyl halides is 3. The Morgan fingerprint density at radius 1 is 1.25 bits per heavy atom. The highest BCUT2D eigenvalue weighted by Crippen LogP contribution is 2.35. The summed E-state index contributed by atoms with van der Waals surface area (Å²) in [7, 11) is 0. The van der Waals surface area contributed by atoms with Gasteiger partial charge in [0.05, 0.1) is 6.20 Å². The van der Waals surface area contributed by atoms with Crippen LogP contribution in [0.25, 0.3) is 0 Å². The van der Waals surface area contributed by atoms with Crippen molar-refractivity contribution in [2.75, 3.05) is 0 Å². The summed E-state index contributed by atoms with van der Waals surface area (Å²) in [6.07, 6.45) is 8.43. The van der Waals surface area contributed by atoms with E-state index in [4.69, 9.17) is 0 Å². The molecule has 0 N–H and O–H groups in total. The second kappa shape index (κ2) is 7.86. The number of hydrogen-bond acceptors (Lipinski definition) is 1. The average Bonchev–Trinajstić information content (AvgIpc) is 2.81. The van der Waals surface area contributed by atoms with E-state index < -0.39 is 11.9 Å². The van der Waals surface area contributed by atoms with E-state index in [1.165, 1.54) is 11.8 Å². The molecule has 1 aromatic heterocycles. The highest BCUT2D eigenvalue weighted by atomic mass is 19.4. The smallest absolute Gasteiger partial charge is 0.257 e. The predicted octanol–water partition coefficient (Wildman–Crippen LogP) is 6.03. The summed E-state index contributed by atoms with van der Waals surface area (Å²) in [6, 6.07) is -0.259. The van der Waals surface area contributed by atoms with Crippen LogP contribution in [0.15, 0.2) is 41.6 Å². The van der Waals surface area contributed by atoms with Crippen LogP contribution in [0.4, 0.5) is 13.2 Å². The van der Waals surface area contributed by atoms with Gasteiger partial charge in [0.2, 0.25) is 0 Å². The van der Waals surface area contributed by atoms with Crippen LogP contribution in [0.2, 0.25) is 0 Å². The minimum Gasteiger partial charge on any atom is -0.257 e. The molecular formula is C19H25F3N2. The van der Waals surface area contributed by atoms with Crippen LogP contribution in [0.3, 0.4) is 0 Å². The first-order valence-electron chi connectivity index (χ1n) is 8.55. The molecule has 132 valence electrons. The monoisotopic (exact) mass is 338 g/mol. The van der Waals surface area contributed by atoms with E-state index in [0.717, 1.165) is 29.5 Å². The number of rotatable bonds is 6. The predicted molar refractivity (Wildman–Crippen MR) is 90.8 cm³/mol. The molecule has 1 atom stereocenters. The van der Waals surface area contributed by atoms with Crippen molar-refractivity contribution in [3.05, 3.63) is 52.9 Å². The standard InChI is InChI=1S/C19H25F3N2/c1-4-7-14(3)24-18(19(20,21)22)17(13-23-24)12-16-9-6-8-15(5-2)10-11-16/h6,9-11,13-14H,4-5,7-8,12H2,1-3H3. The van der Waals surface area contributed by atoms with Crippen molar-refractivity contribution >= 4 is 0 Å². The Morgan fingerprint density at radius 2 is 2.00 bits per heavy atom. The van der Waals surface area contributed by atoms with E-state index in [2.05, 4.69) is 12.0 Å². The molecule has 1 aliphatic carbocycles. The van der Waals surface area contributed by atoms with E-state index in [0.29, 0.717) is 6.42 Å². The van der Waals surface area contributed by atoms with Crippen molar-refractivity contribution < 1.29 is 13.2 Å². The zero-order chi connectivity index (χ0) is 17.7. The maximum Gasteiger partial charge on any atom is 0.433 e. The zero-order valence-corrected chi connectivity index (χ0v) is 14.5. The fourth-order valence-corrected chi connectivity index (χ4v) is 3.02. The van der Waals surface area contributed by atoms with Crippen molar-refractivity contribution in [1.29, 1.82) is 0 Å². The fourth-order valence-electron chi connectivity index (χ4n) is 3.02. The largest absolute Gasteiger partial charge is 0.433 e. The summed E-state index contributed by atoms with van der Waals surface area (Å²) < 4.78 is 41.9. The maximum absolute atomic E-state index is 13.6. The van der Waals surface area contributed by atoms with Crippen LogP contribution < -0.4 is 0 Å². The molecule has 0 aromatic carbocycles. The van der Waals surface area contributed by atoms with Gasteiger partial charge >= 0.3 is 6.18 Å². The lowest BCUT2D eigenvalue weighted by Gasteiger charge is -2.18. The molecule has 2 nitrogen and oxygen atoms in total. The van der Waals surface area contributed by atoms with Gasteiger partial charge in [-0.25, -0.2) is 0 Å². The van der Waals surface area contributed by atoms with Crippen LogP contribution in [0, 0.1) is 0 Å². The van der Waals surface area contributed by atoms with Gasteiger partial charge in [-0.3, -0.25) is 4.68 Å². The van der Waals surface area contributed by atoms with Crippen LogP contribution >= 0.6 is 0 Å². The summed E-state index contributed by atoms with van der Waals surface area (Å²) in [5.41, 5.74) is 1.80. The summed E-state index contributed by atoms with van der Waals surface area (Å²) >= 11 is 0. The Kier molecular flexibility index (Phi) is 6.08. The van der Waals surface area contributed by atoms with Crippen molar-refractivity contribution in [2.45, 2.75) is 65.1 Å². The van der Waals surface area contributed by atoms with Gasteiger partial charge in [0.1, 0.15) is 5.69 Å². The molecule has 0 bridgehead atoms. The van der Waals surface area contributed by atoms with Gasteiger partial charge in [0, 0.05) is 18.0 Å². The Bertz CT molecular complexity index is 648. The molecule has 0 saturated carbocycles. The second-order valence-corrected chi connectivity index (χ2v) is 6.30. The topological polar surface area (TPSA) is 17.8 Å². The molecule has 0 amide bonds. The molecule has 0 aliphatic heterocycles. The highest BCUT2D eigenvalue weighted by molar-refractivity contribution is 5.36. The van der Waals surface area contributed by atoms with Crippen molar-refractivity contribution in [3.8, 4) is 0 Å². The van der Waals surface area contributed by atoms with Gasteiger partial charge in [-0.05, 0) is 31.8 Å². The lowest BCUT2D eigenvalue weighted by Crippen LogP contribution is -2.19. The highest BCUT2D eigenvalue weighted by Gasteiger charge is 2.38. The minimum atomic E-state index is -4.40. The molecule has 5 heteroatoms. The molecule has 1 aliphatic rings. The number of aromatic nitrogens is 2. The number of nitrogens with zero attached hydrogens (tertiary/aromatic N) is 2. The first kappa shape index (κ1) is 18.6. The van der Waals surface area contributed by atoms with Gasteiger partial charge < -0.3 is 0 Å². The first-order chi connectivity index (χ1) is 11.4. The quantitative estimate of drug-likeness (QED) is 0.619. The Balaban J connectivity index is 2.34. The molecule has 1 heterocycles. The van der Waals surface area contributed by atoms with Gasteiger partial charge in [0.25, 0.3) is 0 Å². The SMILES string of the molecule is CCCC(C)n1ncc(CC2=CC=C(CC)CC=C2)c1C(F)(F)F. The van der Waals surface area contributed by atoms with E-state index in [-0.39, 0.29) is 18.0 Å². The summed E-state index contributed by atoms with van der Waals surface area (Å²) in [6.45, 7) is 5.84. The van der Waals surface area contributed by atoms with E-state index in [1.54, 1.807) is 6.92 Å². The third kappa shape index (κ3) is 4.40. The normalized spacial score (nSPS) is 16.6. The molecule has 0 saturated heterocycles. The van der Waals surface area contributed by atoms with Gasteiger partial charge in [-0.15, -0.1) is 0 Å². The third-order valence-corrected chi connectivity index (χ3v) is 4.36. The summed E-state index contributed by atoms with van der Waals surface area (Å²) in [5, 5.41) is 4.05. The zero-order valence-electron chi connectivity index (χ0n) is 14.5. The van der Waals surface area contributed by atoms with Crippen LogP contribution in [0.5, 0.6) is 0 Å². The average molecular weight is 338 g/mol. The van der Waals surface area contributed by atoms with Crippen molar-refractivity contribution in [1.82, 2.24) is 9.78 Å². The number of allylic oxidation sites excluding steroid dienone is 6. The lowest BCUT2D eigenvalue weighted by molar-refractivity contribution is -0.145. The fraction of sp³-hybridized carbons (Fsp3) is 0.526. The summed E-state index contributed by atoms with van der Waals surface area (Å²) in [5.74, 6) is 0. The maximum atomic E-state index is 13.6. The van der Waals surface area contributed by atoms with Gasteiger partial charge in [-0.1, -0.05) is 50.1 Å². The van der Waals surface area contributed by atoms with Gasteiger partial charge in [-0.2, -0.15) is 18.3 Å². The molecule has 1 aromatic rings. The Labute approximate surface area is 141 Å². The third-order valence-electron chi connectivity index (χ3n) is 4.36. The lowest BCUT2D eigenvalue weighted by atomic mass is 10.0. The van der Waals surface area contributed by atoms with E-state index in [9.17, 15) is 13.2 Å². The first-order valence-corrected chi connectivity index (χ1v) is 8.55.